The molecule has 0 aliphatic rings. The summed E-state index contributed by atoms with van der Waals surface area (Å²) in [5, 5.41) is 3.48. The van der Waals surface area contributed by atoms with Crippen LogP contribution in [0.3, 0.4) is 0 Å². The first-order valence-electron chi connectivity index (χ1n) is 6.69. The molecule has 0 radical (unpaired) electrons. The van der Waals surface area contributed by atoms with Crippen molar-refractivity contribution in [3.8, 4) is 5.75 Å². The van der Waals surface area contributed by atoms with E-state index in [1.807, 2.05) is 12.1 Å². The van der Waals surface area contributed by atoms with E-state index in [2.05, 4.69) is 56.4 Å². The molecule has 1 rings (SSSR count). The topological polar surface area (TPSA) is 24.5 Å². The van der Waals surface area contributed by atoms with Gasteiger partial charge in [-0.15, -0.1) is 0 Å². The fourth-order valence-corrected chi connectivity index (χ4v) is 1.94. The number of ether oxygens (including phenoxy) is 1. The molecule has 3 nitrogen and oxygen atoms in total. The number of hydrogen-bond donors (Lipinski definition) is 1. The van der Waals surface area contributed by atoms with Crippen LogP contribution in [0, 0.1) is 0 Å². The third kappa shape index (κ3) is 5.45. The third-order valence-electron chi connectivity index (χ3n) is 3.09. The van der Waals surface area contributed by atoms with E-state index in [1.165, 1.54) is 11.1 Å². The SMILES string of the molecule is COc1cccc(C(CNCC=C(C)C)N(C)C)c1. The highest BCUT2D eigenvalue weighted by Gasteiger charge is 2.13. The lowest BCUT2D eigenvalue weighted by Gasteiger charge is -2.25. The lowest BCUT2D eigenvalue weighted by atomic mass is 10.1. The van der Waals surface area contributed by atoms with E-state index in [4.69, 9.17) is 4.74 Å². The van der Waals surface area contributed by atoms with E-state index < -0.39 is 0 Å². The van der Waals surface area contributed by atoms with Crippen molar-refractivity contribution in [1.29, 1.82) is 0 Å². The van der Waals surface area contributed by atoms with Gasteiger partial charge in [-0.1, -0.05) is 23.8 Å². The number of nitrogens with zero attached hydrogens (tertiary/aromatic N) is 1. The molecule has 0 fully saturated rings. The Kier molecular flexibility index (Phi) is 6.60. The zero-order valence-corrected chi connectivity index (χ0v) is 12.7. The van der Waals surface area contributed by atoms with Gasteiger partial charge < -0.3 is 15.0 Å². The zero-order chi connectivity index (χ0) is 14.3. The van der Waals surface area contributed by atoms with Gasteiger partial charge >= 0.3 is 0 Å². The molecule has 3 heteroatoms. The van der Waals surface area contributed by atoms with E-state index in [1.54, 1.807) is 7.11 Å². The quantitative estimate of drug-likeness (QED) is 0.604. The van der Waals surface area contributed by atoms with Gasteiger partial charge in [0.05, 0.1) is 7.11 Å². The fraction of sp³-hybridized carbons (Fsp3) is 0.500. The Morgan fingerprint density at radius 1 is 1.37 bits per heavy atom. The van der Waals surface area contributed by atoms with Gasteiger partial charge in [-0.05, 0) is 45.6 Å². The van der Waals surface area contributed by atoms with Crippen molar-refractivity contribution in [1.82, 2.24) is 10.2 Å². The summed E-state index contributed by atoms with van der Waals surface area (Å²) in [5.74, 6) is 0.911. The minimum Gasteiger partial charge on any atom is -0.497 e. The molecule has 1 unspecified atom stereocenters. The largest absolute Gasteiger partial charge is 0.497 e. The van der Waals surface area contributed by atoms with Crippen LogP contribution >= 0.6 is 0 Å². The number of rotatable bonds is 7. The van der Waals surface area contributed by atoms with Crippen LogP contribution in [-0.2, 0) is 0 Å². The highest BCUT2D eigenvalue weighted by atomic mass is 16.5. The number of allylic oxidation sites excluding steroid dienone is 1. The smallest absolute Gasteiger partial charge is 0.119 e. The van der Waals surface area contributed by atoms with E-state index in [-0.39, 0.29) is 0 Å². The zero-order valence-electron chi connectivity index (χ0n) is 12.7. The predicted molar refractivity (Wildman–Crippen MR) is 81.7 cm³/mol. The van der Waals surface area contributed by atoms with Gasteiger partial charge in [0.15, 0.2) is 0 Å². The molecule has 1 aromatic carbocycles. The number of likely N-dealkylation sites (N-methyl/N-ethyl adjacent to an activating group) is 1. The predicted octanol–water partition coefficient (Wildman–Crippen LogP) is 2.85. The number of hydrogen-bond acceptors (Lipinski definition) is 3. The van der Waals surface area contributed by atoms with Gasteiger partial charge in [-0.2, -0.15) is 0 Å². The molecule has 0 spiro atoms. The molecule has 1 N–H and O–H groups in total. The number of nitrogens with one attached hydrogen (secondary N) is 1. The Morgan fingerprint density at radius 3 is 2.68 bits per heavy atom. The molecular weight excluding hydrogens is 236 g/mol. The van der Waals surface area contributed by atoms with Crippen LogP contribution < -0.4 is 10.1 Å². The van der Waals surface area contributed by atoms with Crippen LogP contribution in [0.25, 0.3) is 0 Å². The lowest BCUT2D eigenvalue weighted by Crippen LogP contribution is -2.31. The number of benzene rings is 1. The molecule has 1 atom stereocenters. The second-order valence-electron chi connectivity index (χ2n) is 5.20. The van der Waals surface area contributed by atoms with Gasteiger partial charge in [0, 0.05) is 19.1 Å². The van der Waals surface area contributed by atoms with E-state index in [9.17, 15) is 0 Å². The van der Waals surface area contributed by atoms with E-state index in [0.29, 0.717) is 6.04 Å². The van der Waals surface area contributed by atoms with Crippen molar-refractivity contribution < 1.29 is 4.74 Å². The maximum Gasteiger partial charge on any atom is 0.119 e. The molecule has 0 bridgehead atoms. The average molecular weight is 262 g/mol. The molecule has 0 aliphatic carbocycles. The van der Waals surface area contributed by atoms with E-state index in [0.717, 1.165) is 18.8 Å². The molecule has 0 aliphatic heterocycles. The van der Waals surface area contributed by atoms with E-state index >= 15 is 0 Å². The summed E-state index contributed by atoms with van der Waals surface area (Å²) < 4.78 is 5.29. The van der Waals surface area contributed by atoms with Crippen molar-refractivity contribution in [2.75, 3.05) is 34.3 Å². The minimum absolute atomic E-state index is 0.348. The Morgan fingerprint density at radius 2 is 2.11 bits per heavy atom. The summed E-state index contributed by atoms with van der Waals surface area (Å²) in [7, 11) is 5.91. The van der Waals surface area contributed by atoms with Crippen molar-refractivity contribution in [2.24, 2.45) is 0 Å². The van der Waals surface area contributed by atoms with Crippen LogP contribution in [-0.4, -0.2) is 39.2 Å². The Hall–Kier alpha value is -1.32. The normalized spacial score (nSPS) is 12.3. The maximum absolute atomic E-state index is 5.29. The maximum atomic E-state index is 5.29. The minimum atomic E-state index is 0.348. The van der Waals surface area contributed by atoms with Crippen molar-refractivity contribution in [2.45, 2.75) is 19.9 Å². The first-order chi connectivity index (χ1) is 9.04. The van der Waals surface area contributed by atoms with Crippen LogP contribution in [0.1, 0.15) is 25.5 Å². The second-order valence-corrected chi connectivity index (χ2v) is 5.20. The molecule has 0 saturated carbocycles. The monoisotopic (exact) mass is 262 g/mol. The molecular formula is C16H26N2O. The first kappa shape index (κ1) is 15.7. The van der Waals surface area contributed by atoms with Crippen molar-refractivity contribution >= 4 is 0 Å². The van der Waals surface area contributed by atoms with Crippen molar-refractivity contribution in [3.63, 3.8) is 0 Å². The van der Waals surface area contributed by atoms with Gasteiger partial charge in [0.25, 0.3) is 0 Å². The summed E-state index contributed by atoms with van der Waals surface area (Å²) in [6.45, 7) is 6.07. The molecule has 0 aromatic heterocycles. The molecule has 0 amide bonds. The molecule has 0 saturated heterocycles. The highest BCUT2D eigenvalue weighted by molar-refractivity contribution is 5.30. The number of methoxy groups -OCH3 is 1. The second kappa shape index (κ2) is 7.97. The molecule has 0 heterocycles. The first-order valence-corrected chi connectivity index (χ1v) is 6.69. The summed E-state index contributed by atoms with van der Waals surface area (Å²) >= 11 is 0. The van der Waals surface area contributed by atoms with Gasteiger partial charge in [0.2, 0.25) is 0 Å². The van der Waals surface area contributed by atoms with Crippen LogP contribution in [0.2, 0.25) is 0 Å². The van der Waals surface area contributed by atoms with Gasteiger partial charge in [0.1, 0.15) is 5.75 Å². The Bertz CT molecular complexity index is 409. The van der Waals surface area contributed by atoms with Gasteiger partial charge in [-0.25, -0.2) is 0 Å². The average Bonchev–Trinajstić information content (AvgIpc) is 2.38. The molecule has 19 heavy (non-hydrogen) atoms. The molecule has 1 aromatic rings. The Labute approximate surface area is 117 Å². The van der Waals surface area contributed by atoms with Crippen LogP contribution in [0.15, 0.2) is 35.9 Å². The highest BCUT2D eigenvalue weighted by Crippen LogP contribution is 2.21. The summed E-state index contributed by atoms with van der Waals surface area (Å²) in [5.41, 5.74) is 2.62. The van der Waals surface area contributed by atoms with Gasteiger partial charge in [-0.3, -0.25) is 0 Å². The van der Waals surface area contributed by atoms with Crippen LogP contribution in [0.4, 0.5) is 0 Å². The fourth-order valence-electron chi connectivity index (χ4n) is 1.94. The lowest BCUT2D eigenvalue weighted by molar-refractivity contribution is 0.290. The van der Waals surface area contributed by atoms with Crippen molar-refractivity contribution in [3.05, 3.63) is 41.5 Å². The standard InChI is InChI=1S/C16H26N2O/c1-13(2)9-10-17-12-16(18(3)4)14-7-6-8-15(11-14)19-5/h6-9,11,16-17H,10,12H2,1-5H3. The third-order valence-corrected chi connectivity index (χ3v) is 3.09. The molecule has 106 valence electrons. The summed E-state index contributed by atoms with van der Waals surface area (Å²) in [4.78, 5) is 2.23. The summed E-state index contributed by atoms with van der Waals surface area (Å²) in [6, 6.07) is 8.62. The Balaban J connectivity index is 2.68. The summed E-state index contributed by atoms with van der Waals surface area (Å²) in [6.07, 6.45) is 2.21. The van der Waals surface area contributed by atoms with Crippen LogP contribution in [0.5, 0.6) is 5.75 Å².